The number of fused-ring (bicyclic) bond motifs is 1. The van der Waals surface area contributed by atoms with E-state index in [1.165, 1.54) is 5.69 Å². The van der Waals surface area contributed by atoms with Crippen molar-refractivity contribution in [2.45, 2.75) is 45.4 Å². The zero-order valence-corrected chi connectivity index (χ0v) is 20.9. The van der Waals surface area contributed by atoms with Gasteiger partial charge in [-0.25, -0.2) is 4.52 Å². The average Bonchev–Trinajstić information content (AvgIpc) is 3.25. The molecule has 2 aliphatic rings. The third-order valence-electron chi connectivity index (χ3n) is 7.34. The Bertz CT molecular complexity index is 1110. The van der Waals surface area contributed by atoms with Crippen molar-refractivity contribution < 1.29 is 5.11 Å². The largest absolute Gasteiger partial charge is 0.382 e. The highest BCUT2D eigenvalue weighted by Crippen LogP contribution is 2.35. The van der Waals surface area contributed by atoms with E-state index in [-0.39, 0.29) is 0 Å². The van der Waals surface area contributed by atoms with Crippen molar-refractivity contribution in [2.24, 2.45) is 0 Å². The second-order valence-corrected chi connectivity index (χ2v) is 10.5. The Labute approximate surface area is 203 Å². The first-order chi connectivity index (χ1) is 16.3. The van der Waals surface area contributed by atoms with Gasteiger partial charge in [-0.2, -0.15) is 5.10 Å². The van der Waals surface area contributed by atoms with Crippen LogP contribution in [0.5, 0.6) is 0 Å². The van der Waals surface area contributed by atoms with E-state index in [0.717, 1.165) is 55.1 Å². The van der Waals surface area contributed by atoms with Crippen LogP contribution < -0.4 is 10.2 Å². The Kier molecular flexibility index (Phi) is 6.37. The summed E-state index contributed by atoms with van der Waals surface area (Å²) in [6, 6.07) is 13.8. The number of β-amino-alcohol motifs (C(OH)–C–C–N with tert-alkyl or cyclic N) is 1. The first-order valence-electron chi connectivity index (χ1n) is 12.6. The molecule has 2 aliphatic heterocycles. The van der Waals surface area contributed by atoms with Crippen LogP contribution in [0.4, 0.5) is 5.69 Å². The molecule has 0 unspecified atom stereocenters. The van der Waals surface area contributed by atoms with Crippen molar-refractivity contribution in [3.63, 3.8) is 0 Å². The van der Waals surface area contributed by atoms with Crippen LogP contribution in [-0.4, -0.2) is 82.5 Å². The molecule has 4 heterocycles. The Hall–Kier alpha value is -2.45. The second kappa shape index (κ2) is 9.30. The summed E-state index contributed by atoms with van der Waals surface area (Å²) in [5.74, 6) is 0. The van der Waals surface area contributed by atoms with E-state index in [2.05, 4.69) is 95.4 Å². The lowest BCUT2D eigenvalue weighted by Crippen LogP contribution is -2.61. The maximum absolute atomic E-state index is 11.0. The predicted molar refractivity (Wildman–Crippen MR) is 138 cm³/mol. The molecule has 2 saturated heterocycles. The van der Waals surface area contributed by atoms with Gasteiger partial charge in [-0.05, 0) is 51.0 Å². The highest BCUT2D eigenvalue weighted by Gasteiger charge is 2.43. The minimum absolute atomic E-state index is 0.467. The van der Waals surface area contributed by atoms with Gasteiger partial charge in [0.05, 0.1) is 11.2 Å². The number of aromatic nitrogens is 2. The SMILES string of the molecule is CC(C)NCN1CCN(c2ccnn3cc(-c4ccc(C5(O)CN(C(C)C)C5)cc4)cc23)CC1. The highest BCUT2D eigenvalue weighted by atomic mass is 16.3. The fourth-order valence-corrected chi connectivity index (χ4v) is 5.03. The molecule has 0 radical (unpaired) electrons. The van der Waals surface area contributed by atoms with Crippen molar-refractivity contribution >= 4 is 11.2 Å². The minimum Gasteiger partial charge on any atom is -0.382 e. The van der Waals surface area contributed by atoms with Gasteiger partial charge in [0.15, 0.2) is 0 Å². The molecule has 2 N–H and O–H groups in total. The Balaban J connectivity index is 1.30. The summed E-state index contributed by atoms with van der Waals surface area (Å²) in [6.07, 6.45) is 4.00. The van der Waals surface area contributed by atoms with Gasteiger partial charge < -0.3 is 15.3 Å². The van der Waals surface area contributed by atoms with E-state index in [1.54, 1.807) is 0 Å². The third-order valence-corrected chi connectivity index (χ3v) is 7.34. The van der Waals surface area contributed by atoms with Crippen LogP contribution in [0.2, 0.25) is 0 Å². The number of nitrogens with zero attached hydrogens (tertiary/aromatic N) is 5. The first kappa shape index (κ1) is 23.3. The fourth-order valence-electron chi connectivity index (χ4n) is 5.03. The Morgan fingerprint density at radius 2 is 1.68 bits per heavy atom. The zero-order chi connectivity index (χ0) is 23.9. The maximum Gasteiger partial charge on any atom is 0.115 e. The summed E-state index contributed by atoms with van der Waals surface area (Å²) in [5.41, 5.74) is 4.95. The van der Waals surface area contributed by atoms with Crippen molar-refractivity contribution in [1.82, 2.24) is 24.7 Å². The number of nitrogens with one attached hydrogen (secondary N) is 1. The molecule has 7 nitrogen and oxygen atoms in total. The minimum atomic E-state index is -0.726. The summed E-state index contributed by atoms with van der Waals surface area (Å²) in [6.45, 7) is 15.2. The lowest BCUT2D eigenvalue weighted by Gasteiger charge is -2.49. The molecule has 0 atom stereocenters. The molecule has 3 aromatic rings. The van der Waals surface area contributed by atoms with Crippen LogP contribution in [0.1, 0.15) is 33.3 Å². The van der Waals surface area contributed by atoms with E-state index < -0.39 is 5.60 Å². The molecule has 0 saturated carbocycles. The standard InChI is InChI=1S/C27H38N6O/c1-20(2)28-19-30-11-13-31(14-12-30)25-9-10-29-33-16-23(15-26(25)33)22-5-7-24(8-6-22)27(34)17-32(18-27)21(3)4/h5-10,15-16,20-21,28,34H,11-14,17-19H2,1-4H3. The van der Waals surface area contributed by atoms with Crippen LogP contribution in [0, 0.1) is 0 Å². The normalized spacial score (nSPS) is 19.3. The van der Waals surface area contributed by atoms with Gasteiger partial charge in [-0.1, -0.05) is 24.3 Å². The van der Waals surface area contributed by atoms with Crippen molar-refractivity contribution in [3.05, 3.63) is 54.4 Å². The molecule has 1 aromatic carbocycles. The molecule has 2 aromatic heterocycles. The summed E-state index contributed by atoms with van der Waals surface area (Å²) in [7, 11) is 0. The number of benzene rings is 1. The van der Waals surface area contributed by atoms with Crippen LogP contribution in [0.3, 0.4) is 0 Å². The molecule has 5 rings (SSSR count). The summed E-state index contributed by atoms with van der Waals surface area (Å²) in [4.78, 5) is 7.25. The Morgan fingerprint density at radius 3 is 2.32 bits per heavy atom. The molecule has 7 heteroatoms. The third kappa shape index (κ3) is 4.58. The van der Waals surface area contributed by atoms with Crippen molar-refractivity contribution in [2.75, 3.05) is 50.8 Å². The molecule has 0 spiro atoms. The number of hydrogen-bond donors (Lipinski definition) is 2. The number of hydrogen-bond acceptors (Lipinski definition) is 6. The van der Waals surface area contributed by atoms with Gasteiger partial charge in [-0.3, -0.25) is 9.80 Å². The van der Waals surface area contributed by atoms with Crippen LogP contribution in [0.25, 0.3) is 16.6 Å². The maximum atomic E-state index is 11.0. The molecular weight excluding hydrogens is 424 g/mol. The van der Waals surface area contributed by atoms with Gasteiger partial charge >= 0.3 is 0 Å². The smallest absolute Gasteiger partial charge is 0.115 e. The number of rotatable bonds is 7. The fraction of sp³-hybridized carbons (Fsp3) is 0.519. The van der Waals surface area contributed by atoms with Gasteiger partial charge in [0.1, 0.15) is 5.60 Å². The number of aliphatic hydroxyl groups is 1. The van der Waals surface area contributed by atoms with Crippen LogP contribution in [-0.2, 0) is 5.60 Å². The molecule has 182 valence electrons. The summed E-state index contributed by atoms with van der Waals surface area (Å²) in [5, 5.41) is 19.1. The lowest BCUT2D eigenvalue weighted by molar-refractivity contribution is -0.116. The first-order valence-corrected chi connectivity index (χ1v) is 12.6. The summed E-state index contributed by atoms with van der Waals surface area (Å²) < 4.78 is 1.99. The molecule has 34 heavy (non-hydrogen) atoms. The number of likely N-dealkylation sites (tertiary alicyclic amines) is 1. The molecule has 0 bridgehead atoms. The van der Waals surface area contributed by atoms with Gasteiger partial charge in [0, 0.05) is 76.0 Å². The predicted octanol–water partition coefficient (Wildman–Crippen LogP) is 2.99. The van der Waals surface area contributed by atoms with Gasteiger partial charge in [0.2, 0.25) is 0 Å². The van der Waals surface area contributed by atoms with Crippen molar-refractivity contribution in [3.8, 4) is 11.1 Å². The highest BCUT2D eigenvalue weighted by molar-refractivity contribution is 5.80. The van der Waals surface area contributed by atoms with E-state index in [9.17, 15) is 5.11 Å². The van der Waals surface area contributed by atoms with Gasteiger partial charge in [-0.15, -0.1) is 0 Å². The number of piperazine rings is 1. The topological polar surface area (TPSA) is 59.3 Å². The summed E-state index contributed by atoms with van der Waals surface area (Å²) >= 11 is 0. The number of anilines is 1. The zero-order valence-electron chi connectivity index (χ0n) is 20.9. The second-order valence-electron chi connectivity index (χ2n) is 10.5. The van der Waals surface area contributed by atoms with Crippen molar-refractivity contribution in [1.29, 1.82) is 0 Å². The monoisotopic (exact) mass is 462 g/mol. The van der Waals surface area contributed by atoms with E-state index in [4.69, 9.17) is 0 Å². The van der Waals surface area contributed by atoms with E-state index >= 15 is 0 Å². The lowest BCUT2D eigenvalue weighted by atomic mass is 9.84. The van der Waals surface area contributed by atoms with E-state index in [0.29, 0.717) is 25.2 Å². The molecule has 2 fully saturated rings. The van der Waals surface area contributed by atoms with Gasteiger partial charge in [0.25, 0.3) is 0 Å². The average molecular weight is 463 g/mol. The Morgan fingerprint density at radius 1 is 0.971 bits per heavy atom. The molecule has 0 aliphatic carbocycles. The quantitative estimate of drug-likeness (QED) is 0.563. The van der Waals surface area contributed by atoms with E-state index in [1.807, 2.05) is 10.7 Å². The van der Waals surface area contributed by atoms with Crippen LogP contribution in [0.15, 0.2) is 48.8 Å². The molecular formula is C27H38N6O. The van der Waals surface area contributed by atoms with Crippen LogP contribution >= 0.6 is 0 Å². The molecule has 0 amide bonds.